The van der Waals surface area contributed by atoms with Crippen LogP contribution in [0.4, 0.5) is 4.39 Å². The summed E-state index contributed by atoms with van der Waals surface area (Å²) in [5.74, 6) is 0.306. The van der Waals surface area contributed by atoms with E-state index in [-0.39, 0.29) is 29.7 Å². The molecule has 2 aliphatic rings. The number of carbonyl (C=O) groups is 1. The molecule has 0 spiro atoms. The Labute approximate surface area is 180 Å². The molecule has 4 heterocycles. The van der Waals surface area contributed by atoms with Crippen LogP contribution in [0.15, 0.2) is 72.3 Å². The number of thiophene rings is 1. The molecular formula is C24H25FN2O2S. The lowest BCUT2D eigenvalue weighted by Gasteiger charge is -2.24. The van der Waals surface area contributed by atoms with Gasteiger partial charge in [0.05, 0.1) is 12.8 Å². The highest BCUT2D eigenvalue weighted by Crippen LogP contribution is 2.42. The lowest BCUT2D eigenvalue weighted by Crippen LogP contribution is -2.37. The Morgan fingerprint density at radius 1 is 1.33 bits per heavy atom. The number of amides is 1. The standard InChI is InChI=1S/C24H25FN2O2S/c1-17(6-3-2-4-7-21-8-5-13-30-21)24(28)27-20-10-11-22(27)18(14-20)16-29-23-12-9-19(25)15-26-23/h2-6,8-9,12-13,15,18,20,22H,1,7,10-11,14,16H2/b4-2-,6-3-. The molecule has 0 aromatic carbocycles. The average molecular weight is 425 g/mol. The highest BCUT2D eigenvalue weighted by atomic mass is 32.1. The Morgan fingerprint density at radius 3 is 3.00 bits per heavy atom. The van der Waals surface area contributed by atoms with E-state index in [1.165, 1.54) is 17.0 Å². The van der Waals surface area contributed by atoms with Crippen molar-refractivity contribution in [2.75, 3.05) is 6.61 Å². The van der Waals surface area contributed by atoms with Crippen LogP contribution < -0.4 is 4.74 Å². The largest absolute Gasteiger partial charge is 0.477 e. The van der Waals surface area contributed by atoms with E-state index in [9.17, 15) is 9.18 Å². The number of aromatic nitrogens is 1. The topological polar surface area (TPSA) is 42.4 Å². The van der Waals surface area contributed by atoms with Gasteiger partial charge in [0.25, 0.3) is 5.91 Å². The summed E-state index contributed by atoms with van der Waals surface area (Å²) in [7, 11) is 0. The van der Waals surface area contributed by atoms with Crippen molar-refractivity contribution in [3.63, 3.8) is 0 Å². The second-order valence-electron chi connectivity index (χ2n) is 7.73. The summed E-state index contributed by atoms with van der Waals surface area (Å²) >= 11 is 1.74. The number of allylic oxidation sites excluding steroid dienone is 3. The Hall–Kier alpha value is -2.73. The van der Waals surface area contributed by atoms with E-state index < -0.39 is 0 Å². The van der Waals surface area contributed by atoms with Crippen molar-refractivity contribution in [3.05, 3.63) is 83.0 Å². The minimum Gasteiger partial charge on any atom is -0.477 e. The Morgan fingerprint density at radius 2 is 2.23 bits per heavy atom. The SMILES string of the molecule is C=C(/C=C\C=C/Cc1cccs1)C(=O)N1C2CCC1C(COc1ccc(F)cn1)C2. The van der Waals surface area contributed by atoms with Crippen LogP contribution in [0.3, 0.4) is 0 Å². The first-order valence-corrected chi connectivity index (χ1v) is 11.1. The maximum Gasteiger partial charge on any atom is 0.253 e. The van der Waals surface area contributed by atoms with Crippen LogP contribution in [0.2, 0.25) is 0 Å². The van der Waals surface area contributed by atoms with Gasteiger partial charge in [-0.15, -0.1) is 11.3 Å². The van der Waals surface area contributed by atoms with Crippen molar-refractivity contribution >= 4 is 17.2 Å². The molecule has 3 unspecified atom stereocenters. The first-order chi connectivity index (χ1) is 14.6. The summed E-state index contributed by atoms with van der Waals surface area (Å²) in [5.41, 5.74) is 0.509. The summed E-state index contributed by atoms with van der Waals surface area (Å²) in [6.45, 7) is 4.47. The van der Waals surface area contributed by atoms with Crippen molar-refractivity contribution in [1.82, 2.24) is 9.88 Å². The van der Waals surface area contributed by atoms with Crippen molar-refractivity contribution in [1.29, 1.82) is 0 Å². The van der Waals surface area contributed by atoms with Crippen molar-refractivity contribution in [2.45, 2.75) is 37.8 Å². The smallest absolute Gasteiger partial charge is 0.253 e. The predicted molar refractivity (Wildman–Crippen MR) is 117 cm³/mol. The first kappa shape index (κ1) is 20.5. The van der Waals surface area contributed by atoms with E-state index in [2.05, 4.69) is 29.1 Å². The fourth-order valence-electron chi connectivity index (χ4n) is 4.35. The van der Waals surface area contributed by atoms with Gasteiger partial charge in [0.15, 0.2) is 0 Å². The van der Waals surface area contributed by atoms with Crippen LogP contribution in [0.25, 0.3) is 0 Å². The van der Waals surface area contributed by atoms with Gasteiger partial charge in [-0.2, -0.15) is 0 Å². The predicted octanol–water partition coefficient (Wildman–Crippen LogP) is 4.95. The molecule has 2 aliphatic heterocycles. The fourth-order valence-corrected chi connectivity index (χ4v) is 5.03. The molecule has 0 aliphatic carbocycles. The van der Waals surface area contributed by atoms with E-state index in [1.807, 2.05) is 23.1 Å². The molecule has 2 saturated heterocycles. The van der Waals surface area contributed by atoms with Gasteiger partial charge in [-0.25, -0.2) is 9.37 Å². The van der Waals surface area contributed by atoms with E-state index in [1.54, 1.807) is 17.4 Å². The third-order valence-corrected chi connectivity index (χ3v) is 6.66. The van der Waals surface area contributed by atoms with Gasteiger partial charge < -0.3 is 9.64 Å². The second-order valence-corrected chi connectivity index (χ2v) is 8.76. The van der Waals surface area contributed by atoms with Crippen LogP contribution in [0.5, 0.6) is 5.88 Å². The van der Waals surface area contributed by atoms with Gasteiger partial charge in [-0.1, -0.05) is 36.9 Å². The zero-order valence-corrected chi connectivity index (χ0v) is 17.6. The summed E-state index contributed by atoms with van der Waals surface area (Å²) in [5, 5.41) is 2.07. The number of pyridine rings is 1. The van der Waals surface area contributed by atoms with Gasteiger partial charge in [0.2, 0.25) is 5.88 Å². The molecule has 0 radical (unpaired) electrons. The van der Waals surface area contributed by atoms with Crippen LogP contribution >= 0.6 is 11.3 Å². The normalized spacial score (nSPS) is 23.0. The lowest BCUT2D eigenvalue weighted by molar-refractivity contribution is -0.128. The number of fused-ring (bicyclic) bond motifs is 2. The number of hydrogen-bond donors (Lipinski definition) is 0. The van der Waals surface area contributed by atoms with Crippen LogP contribution in [-0.2, 0) is 11.2 Å². The molecular weight excluding hydrogens is 399 g/mol. The molecule has 1 amide bonds. The second kappa shape index (κ2) is 9.39. The molecule has 30 heavy (non-hydrogen) atoms. The van der Waals surface area contributed by atoms with Crippen LogP contribution in [-0.4, -0.2) is 34.5 Å². The third-order valence-electron chi connectivity index (χ3n) is 5.76. The number of rotatable bonds is 8. The monoisotopic (exact) mass is 424 g/mol. The molecule has 2 aromatic rings. The van der Waals surface area contributed by atoms with E-state index in [0.717, 1.165) is 31.9 Å². The number of carbonyl (C=O) groups excluding carboxylic acids is 1. The average Bonchev–Trinajstić information content (AvgIpc) is 3.49. The maximum atomic E-state index is 13.0. The molecule has 2 bridgehead atoms. The minimum absolute atomic E-state index is 0.00724. The number of halogens is 1. The third kappa shape index (κ3) is 4.70. The molecule has 6 heteroatoms. The van der Waals surface area contributed by atoms with E-state index in [4.69, 9.17) is 4.74 Å². The van der Waals surface area contributed by atoms with Gasteiger partial charge in [-0.05, 0) is 36.8 Å². The Balaban J connectivity index is 1.29. The molecule has 4 nitrogen and oxygen atoms in total. The molecule has 3 atom stereocenters. The fraction of sp³-hybridized carbons (Fsp3) is 0.333. The zero-order valence-electron chi connectivity index (χ0n) is 16.7. The highest BCUT2D eigenvalue weighted by Gasteiger charge is 2.48. The van der Waals surface area contributed by atoms with E-state index in [0.29, 0.717) is 18.1 Å². The molecule has 2 aromatic heterocycles. The summed E-state index contributed by atoms with van der Waals surface area (Å²) in [4.78, 5) is 20.2. The van der Waals surface area contributed by atoms with Crippen LogP contribution in [0.1, 0.15) is 24.1 Å². The number of ether oxygens (including phenoxy) is 1. The van der Waals surface area contributed by atoms with Gasteiger partial charge in [-0.3, -0.25) is 4.79 Å². The van der Waals surface area contributed by atoms with Gasteiger partial charge in [0.1, 0.15) is 5.82 Å². The number of hydrogen-bond acceptors (Lipinski definition) is 4. The summed E-state index contributed by atoms with van der Waals surface area (Å²) < 4.78 is 18.7. The quantitative estimate of drug-likeness (QED) is 0.445. The van der Waals surface area contributed by atoms with E-state index >= 15 is 0 Å². The summed E-state index contributed by atoms with van der Waals surface area (Å²) in [6, 6.07) is 7.44. The van der Waals surface area contributed by atoms with Crippen molar-refractivity contribution < 1.29 is 13.9 Å². The van der Waals surface area contributed by atoms with Crippen LogP contribution in [0, 0.1) is 11.7 Å². The Kier molecular flexibility index (Phi) is 6.43. The molecule has 2 fully saturated rings. The molecule has 0 N–H and O–H groups in total. The minimum atomic E-state index is -0.382. The Bertz CT molecular complexity index is 937. The number of nitrogens with zero attached hydrogens (tertiary/aromatic N) is 2. The molecule has 0 saturated carbocycles. The maximum absolute atomic E-state index is 13.0. The summed E-state index contributed by atoms with van der Waals surface area (Å²) in [6.07, 6.45) is 12.7. The van der Waals surface area contributed by atoms with Crippen molar-refractivity contribution in [3.8, 4) is 5.88 Å². The molecule has 4 rings (SSSR count). The highest BCUT2D eigenvalue weighted by molar-refractivity contribution is 7.09. The van der Waals surface area contributed by atoms with Gasteiger partial charge in [0, 0.05) is 40.9 Å². The zero-order chi connectivity index (χ0) is 20.9. The van der Waals surface area contributed by atoms with Crippen molar-refractivity contribution in [2.24, 2.45) is 5.92 Å². The van der Waals surface area contributed by atoms with Gasteiger partial charge >= 0.3 is 0 Å². The molecule has 156 valence electrons. The first-order valence-electron chi connectivity index (χ1n) is 10.2. The lowest BCUT2D eigenvalue weighted by atomic mass is 9.90.